The van der Waals surface area contributed by atoms with Crippen LogP contribution in [0.5, 0.6) is 5.75 Å². The van der Waals surface area contributed by atoms with Gasteiger partial charge in [0.2, 0.25) is 0 Å². The van der Waals surface area contributed by atoms with Crippen LogP contribution < -0.4 is 21.1 Å². The van der Waals surface area contributed by atoms with Crippen molar-refractivity contribution in [3.63, 3.8) is 0 Å². The van der Waals surface area contributed by atoms with Crippen molar-refractivity contribution in [3.05, 3.63) is 29.8 Å². The Morgan fingerprint density at radius 3 is 2.96 bits per heavy atom. The van der Waals surface area contributed by atoms with E-state index in [2.05, 4.69) is 15.6 Å². The number of halogens is 1. The maximum absolute atomic E-state index is 10.8. The topological polar surface area (TPSA) is 107 Å². The Hall–Kier alpha value is -1.59. The van der Waals surface area contributed by atoms with E-state index in [0.717, 1.165) is 37.5 Å². The summed E-state index contributed by atoms with van der Waals surface area (Å²) in [6, 6.07) is 7.48. The van der Waals surface area contributed by atoms with Crippen molar-refractivity contribution >= 4 is 35.8 Å². The summed E-state index contributed by atoms with van der Waals surface area (Å²) in [5.41, 5.74) is 6.10. The summed E-state index contributed by atoms with van der Waals surface area (Å²) in [6.45, 7) is 3.44. The average Bonchev–Trinajstić information content (AvgIpc) is 3.16. The van der Waals surface area contributed by atoms with Crippen LogP contribution in [0.2, 0.25) is 0 Å². The van der Waals surface area contributed by atoms with Crippen LogP contribution >= 0.6 is 24.0 Å². The SMILES string of the molecule is CN=C(NCCCOC1CCOC1)NCc1cccc(OCC(N)=O)c1.I. The number of aliphatic imine (C=N–C) groups is 1. The lowest BCUT2D eigenvalue weighted by Crippen LogP contribution is -2.37. The van der Waals surface area contributed by atoms with E-state index in [-0.39, 0.29) is 36.7 Å². The second kappa shape index (κ2) is 13.6. The molecule has 1 saturated heterocycles. The second-order valence-corrected chi connectivity index (χ2v) is 5.96. The van der Waals surface area contributed by atoms with Gasteiger partial charge in [0.05, 0.1) is 12.7 Å². The van der Waals surface area contributed by atoms with Gasteiger partial charge in [-0.3, -0.25) is 9.79 Å². The van der Waals surface area contributed by atoms with Crippen LogP contribution in [0.25, 0.3) is 0 Å². The quantitative estimate of drug-likeness (QED) is 0.195. The highest BCUT2D eigenvalue weighted by atomic mass is 127. The number of benzene rings is 1. The largest absolute Gasteiger partial charge is 0.484 e. The first-order valence-electron chi connectivity index (χ1n) is 8.81. The highest BCUT2D eigenvalue weighted by molar-refractivity contribution is 14.0. The number of guanidine groups is 1. The molecule has 1 atom stereocenters. The van der Waals surface area contributed by atoms with Crippen LogP contribution in [-0.2, 0) is 20.8 Å². The maximum Gasteiger partial charge on any atom is 0.255 e. The Morgan fingerprint density at radius 2 is 2.26 bits per heavy atom. The van der Waals surface area contributed by atoms with Gasteiger partial charge in [0.25, 0.3) is 5.91 Å². The molecule has 1 unspecified atom stereocenters. The maximum atomic E-state index is 10.8. The lowest BCUT2D eigenvalue weighted by atomic mass is 10.2. The van der Waals surface area contributed by atoms with Crippen molar-refractivity contribution in [2.24, 2.45) is 10.7 Å². The molecule has 0 aliphatic carbocycles. The molecule has 1 aromatic carbocycles. The van der Waals surface area contributed by atoms with Gasteiger partial charge < -0.3 is 30.6 Å². The van der Waals surface area contributed by atoms with E-state index in [9.17, 15) is 4.79 Å². The van der Waals surface area contributed by atoms with Gasteiger partial charge in [-0.05, 0) is 30.5 Å². The van der Waals surface area contributed by atoms with Crippen LogP contribution in [0.15, 0.2) is 29.3 Å². The van der Waals surface area contributed by atoms with Gasteiger partial charge >= 0.3 is 0 Å². The minimum absolute atomic E-state index is 0. The molecule has 2 rings (SSSR count). The predicted octanol–water partition coefficient (Wildman–Crippen LogP) is 1.03. The molecule has 1 aliphatic rings. The third-order valence-corrected chi connectivity index (χ3v) is 3.82. The molecule has 4 N–H and O–H groups in total. The number of carbonyl (C=O) groups excluding carboxylic acids is 1. The standard InChI is InChI=1S/C18H28N4O4.HI/c1-20-18(21-7-3-8-25-16-6-9-24-12-16)22-11-14-4-2-5-15(10-14)26-13-17(19)23;/h2,4-5,10,16H,3,6-9,11-13H2,1H3,(H2,19,23)(H2,20,21,22);1H. The normalized spacial score (nSPS) is 16.5. The Balaban J connectivity index is 0.00000364. The predicted molar refractivity (Wildman–Crippen MR) is 115 cm³/mol. The number of nitrogens with one attached hydrogen (secondary N) is 2. The van der Waals surface area contributed by atoms with Crippen molar-refractivity contribution in [3.8, 4) is 5.75 Å². The number of ether oxygens (including phenoxy) is 3. The molecule has 1 heterocycles. The minimum atomic E-state index is -0.498. The van der Waals surface area contributed by atoms with Gasteiger partial charge in [-0.1, -0.05) is 12.1 Å². The van der Waals surface area contributed by atoms with Gasteiger partial charge in [-0.25, -0.2) is 0 Å². The molecular weight excluding hydrogens is 463 g/mol. The zero-order valence-corrected chi connectivity index (χ0v) is 17.9. The summed E-state index contributed by atoms with van der Waals surface area (Å²) in [7, 11) is 1.73. The number of nitrogens with zero attached hydrogens (tertiary/aromatic N) is 1. The van der Waals surface area contributed by atoms with Gasteiger partial charge in [0.1, 0.15) is 5.75 Å². The van der Waals surface area contributed by atoms with Crippen LogP contribution in [0, 0.1) is 0 Å². The van der Waals surface area contributed by atoms with Crippen LogP contribution in [0.4, 0.5) is 0 Å². The van der Waals surface area contributed by atoms with E-state index in [1.165, 1.54) is 0 Å². The van der Waals surface area contributed by atoms with Crippen molar-refractivity contribution in [1.29, 1.82) is 0 Å². The Bertz CT molecular complexity index is 594. The summed E-state index contributed by atoms with van der Waals surface area (Å²) < 4.78 is 16.3. The lowest BCUT2D eigenvalue weighted by Gasteiger charge is -2.13. The van der Waals surface area contributed by atoms with E-state index in [1.54, 1.807) is 13.1 Å². The molecule has 0 saturated carbocycles. The Morgan fingerprint density at radius 1 is 1.41 bits per heavy atom. The first-order valence-corrected chi connectivity index (χ1v) is 8.81. The van der Waals surface area contributed by atoms with Crippen LogP contribution in [0.3, 0.4) is 0 Å². The minimum Gasteiger partial charge on any atom is -0.484 e. The van der Waals surface area contributed by atoms with Gasteiger partial charge in [-0.2, -0.15) is 0 Å². The number of amides is 1. The molecule has 27 heavy (non-hydrogen) atoms. The van der Waals surface area contributed by atoms with Crippen molar-refractivity contribution in [1.82, 2.24) is 10.6 Å². The third kappa shape index (κ3) is 9.78. The molecule has 0 aromatic heterocycles. The van der Waals surface area contributed by atoms with E-state index >= 15 is 0 Å². The zero-order valence-electron chi connectivity index (χ0n) is 15.6. The summed E-state index contributed by atoms with van der Waals surface area (Å²) >= 11 is 0. The molecule has 1 fully saturated rings. The van der Waals surface area contributed by atoms with E-state index in [4.69, 9.17) is 19.9 Å². The smallest absolute Gasteiger partial charge is 0.255 e. The first kappa shape index (κ1) is 23.4. The molecule has 1 aromatic rings. The molecule has 1 aliphatic heterocycles. The molecule has 0 radical (unpaired) electrons. The molecule has 8 nitrogen and oxygen atoms in total. The molecule has 0 spiro atoms. The van der Waals surface area contributed by atoms with Crippen LogP contribution in [-0.4, -0.2) is 58.0 Å². The number of hydrogen-bond donors (Lipinski definition) is 3. The van der Waals surface area contributed by atoms with E-state index in [0.29, 0.717) is 25.5 Å². The summed E-state index contributed by atoms with van der Waals surface area (Å²) in [5, 5.41) is 6.50. The summed E-state index contributed by atoms with van der Waals surface area (Å²) in [4.78, 5) is 15.0. The first-order chi connectivity index (χ1) is 12.7. The monoisotopic (exact) mass is 492 g/mol. The lowest BCUT2D eigenvalue weighted by molar-refractivity contribution is -0.119. The summed E-state index contributed by atoms with van der Waals surface area (Å²) in [6.07, 6.45) is 2.13. The van der Waals surface area contributed by atoms with E-state index in [1.807, 2.05) is 18.2 Å². The van der Waals surface area contributed by atoms with Crippen LogP contribution in [0.1, 0.15) is 18.4 Å². The fraction of sp³-hybridized carbons (Fsp3) is 0.556. The number of hydrogen-bond acceptors (Lipinski definition) is 5. The highest BCUT2D eigenvalue weighted by Crippen LogP contribution is 2.13. The number of nitrogens with two attached hydrogens (primary N) is 1. The molecule has 0 bridgehead atoms. The number of rotatable bonds is 10. The molecule has 152 valence electrons. The van der Waals surface area contributed by atoms with Gasteiger partial charge in [-0.15, -0.1) is 24.0 Å². The Labute approximate surface area is 177 Å². The molecular formula is C18H29IN4O4. The van der Waals surface area contributed by atoms with E-state index < -0.39 is 5.91 Å². The van der Waals surface area contributed by atoms with Crippen molar-refractivity contribution in [2.75, 3.05) is 40.0 Å². The fourth-order valence-corrected chi connectivity index (χ4v) is 2.48. The summed E-state index contributed by atoms with van der Waals surface area (Å²) in [5.74, 6) is 0.833. The molecule has 1 amide bonds. The Kier molecular flexibility index (Phi) is 11.8. The number of primary amides is 1. The second-order valence-electron chi connectivity index (χ2n) is 5.96. The van der Waals surface area contributed by atoms with Gasteiger partial charge in [0, 0.05) is 33.4 Å². The zero-order chi connectivity index (χ0) is 18.6. The van der Waals surface area contributed by atoms with Crippen molar-refractivity contribution in [2.45, 2.75) is 25.5 Å². The average molecular weight is 492 g/mol. The molecule has 9 heteroatoms. The third-order valence-electron chi connectivity index (χ3n) is 3.82. The van der Waals surface area contributed by atoms with Crippen molar-refractivity contribution < 1.29 is 19.0 Å². The highest BCUT2D eigenvalue weighted by Gasteiger charge is 2.15. The van der Waals surface area contributed by atoms with Gasteiger partial charge in [0.15, 0.2) is 12.6 Å². The fourth-order valence-electron chi connectivity index (χ4n) is 2.48. The number of carbonyl (C=O) groups is 1.